The average Bonchev–Trinajstić information content (AvgIpc) is 2.89. The van der Waals surface area contributed by atoms with E-state index in [0.29, 0.717) is 18.4 Å². The van der Waals surface area contributed by atoms with E-state index in [1.165, 1.54) is 0 Å². The SMILES string of the molecule is O=[N+]([O-])c1ccc(N2N=C3c4ccccc4C(Cl)=NN3[C@]3(N4CCOCC4)CCCC[C@@H]23)cc1. The van der Waals surface area contributed by atoms with Crippen LogP contribution in [0.1, 0.15) is 36.8 Å². The summed E-state index contributed by atoms with van der Waals surface area (Å²) in [6.07, 6.45) is 3.99. The molecule has 0 bridgehead atoms. The van der Waals surface area contributed by atoms with Crippen LogP contribution in [0.25, 0.3) is 0 Å². The standard InChI is InChI=1S/C24H25ClN6O3/c25-22-19-5-1-2-6-20(19)23-27-29(17-8-10-18(11-9-17)31(32)33)21-7-3-4-12-24(21,30(23)26-22)28-13-15-34-16-14-28/h1-2,5-6,8-11,21H,3-4,7,12-16H2/t21-,24-/m1/s1. The predicted octanol–water partition coefficient (Wildman–Crippen LogP) is 3.96. The van der Waals surface area contributed by atoms with Crippen molar-refractivity contribution in [3.8, 4) is 0 Å². The van der Waals surface area contributed by atoms with Crippen molar-refractivity contribution in [3.63, 3.8) is 0 Å². The molecule has 10 heteroatoms. The van der Waals surface area contributed by atoms with Gasteiger partial charge in [-0.2, -0.15) is 10.2 Å². The van der Waals surface area contributed by atoms with E-state index in [1.807, 2.05) is 24.3 Å². The topological polar surface area (TPSA) is 86.8 Å². The lowest BCUT2D eigenvalue weighted by molar-refractivity contribution is -0.384. The summed E-state index contributed by atoms with van der Waals surface area (Å²) in [6.45, 7) is 2.92. The third-order valence-electron chi connectivity index (χ3n) is 7.33. The molecule has 0 amide bonds. The highest BCUT2D eigenvalue weighted by atomic mass is 35.5. The maximum atomic E-state index is 11.2. The fourth-order valence-corrected chi connectivity index (χ4v) is 6.04. The lowest BCUT2D eigenvalue weighted by Crippen LogP contribution is -2.75. The number of ether oxygens (including phenoxy) is 1. The van der Waals surface area contributed by atoms with Gasteiger partial charge in [-0.3, -0.25) is 20.0 Å². The average molecular weight is 481 g/mol. The van der Waals surface area contributed by atoms with E-state index in [2.05, 4.69) is 14.9 Å². The van der Waals surface area contributed by atoms with Gasteiger partial charge in [0.15, 0.2) is 11.0 Å². The van der Waals surface area contributed by atoms with Crippen LogP contribution in [0.3, 0.4) is 0 Å². The Kier molecular flexibility index (Phi) is 5.28. The number of hydrogen-bond donors (Lipinski definition) is 0. The van der Waals surface area contributed by atoms with Crippen LogP contribution in [0.4, 0.5) is 11.4 Å². The molecule has 1 saturated carbocycles. The Balaban J connectivity index is 1.56. The molecular weight excluding hydrogens is 456 g/mol. The van der Waals surface area contributed by atoms with E-state index in [9.17, 15) is 10.1 Å². The molecule has 2 atom stereocenters. The highest BCUT2D eigenvalue weighted by Crippen LogP contribution is 2.47. The fraction of sp³-hybridized carbons (Fsp3) is 0.417. The van der Waals surface area contributed by atoms with Gasteiger partial charge in [0.05, 0.1) is 29.9 Å². The normalized spacial score (nSPS) is 26.7. The van der Waals surface area contributed by atoms with Crippen LogP contribution in [0, 0.1) is 10.1 Å². The molecule has 2 fully saturated rings. The molecule has 2 aromatic rings. The third-order valence-corrected chi connectivity index (χ3v) is 7.61. The lowest BCUT2D eigenvalue weighted by atomic mass is 9.79. The fourth-order valence-electron chi connectivity index (χ4n) is 5.80. The highest BCUT2D eigenvalue weighted by Gasteiger charge is 2.58. The largest absolute Gasteiger partial charge is 0.379 e. The number of morpholine rings is 1. The van der Waals surface area contributed by atoms with Crippen LogP contribution in [-0.4, -0.2) is 63.8 Å². The third kappa shape index (κ3) is 3.22. The van der Waals surface area contributed by atoms with Gasteiger partial charge in [0, 0.05) is 36.3 Å². The zero-order chi connectivity index (χ0) is 23.3. The Morgan fingerprint density at radius 1 is 1.03 bits per heavy atom. The molecule has 0 radical (unpaired) electrons. The molecule has 2 aromatic carbocycles. The predicted molar refractivity (Wildman–Crippen MR) is 130 cm³/mol. The van der Waals surface area contributed by atoms with Crippen LogP contribution >= 0.6 is 11.6 Å². The molecule has 0 spiro atoms. The van der Waals surface area contributed by atoms with Crippen molar-refractivity contribution in [1.82, 2.24) is 9.91 Å². The molecule has 0 unspecified atom stereocenters. The second-order valence-electron chi connectivity index (χ2n) is 9.03. The van der Waals surface area contributed by atoms with Gasteiger partial charge in [0.2, 0.25) is 0 Å². The van der Waals surface area contributed by atoms with Crippen molar-refractivity contribution in [2.75, 3.05) is 31.3 Å². The van der Waals surface area contributed by atoms with E-state index in [-0.39, 0.29) is 16.7 Å². The molecule has 1 saturated heterocycles. The second kappa shape index (κ2) is 8.33. The van der Waals surface area contributed by atoms with Crippen molar-refractivity contribution in [3.05, 3.63) is 69.8 Å². The Morgan fingerprint density at radius 3 is 2.50 bits per heavy atom. The summed E-state index contributed by atoms with van der Waals surface area (Å²) in [5.74, 6) is 0.753. The molecule has 4 aliphatic rings. The maximum Gasteiger partial charge on any atom is 0.269 e. The minimum Gasteiger partial charge on any atom is -0.379 e. The minimum absolute atomic E-state index is 0.00281. The molecule has 3 heterocycles. The zero-order valence-electron chi connectivity index (χ0n) is 18.6. The first kappa shape index (κ1) is 21.5. The maximum absolute atomic E-state index is 11.2. The minimum atomic E-state index is -0.450. The Morgan fingerprint density at radius 2 is 1.76 bits per heavy atom. The number of amidine groups is 1. The molecule has 3 aliphatic heterocycles. The zero-order valence-corrected chi connectivity index (χ0v) is 19.4. The van der Waals surface area contributed by atoms with E-state index in [0.717, 1.165) is 61.4 Å². The molecule has 1 aliphatic carbocycles. The van der Waals surface area contributed by atoms with Crippen LogP contribution < -0.4 is 5.01 Å². The van der Waals surface area contributed by atoms with Gasteiger partial charge in [-0.05, 0) is 31.4 Å². The van der Waals surface area contributed by atoms with Crippen molar-refractivity contribution < 1.29 is 9.66 Å². The van der Waals surface area contributed by atoms with E-state index < -0.39 is 5.66 Å². The van der Waals surface area contributed by atoms with Gasteiger partial charge in [-0.25, -0.2) is 5.01 Å². The van der Waals surface area contributed by atoms with Crippen molar-refractivity contribution in [2.45, 2.75) is 37.4 Å². The van der Waals surface area contributed by atoms with Crippen molar-refractivity contribution >= 4 is 34.0 Å². The number of benzene rings is 2. The van der Waals surface area contributed by atoms with Gasteiger partial charge in [-0.15, -0.1) is 0 Å². The summed E-state index contributed by atoms with van der Waals surface area (Å²) in [6, 6.07) is 14.6. The number of non-ortho nitro benzene ring substituents is 1. The molecule has 0 N–H and O–H groups in total. The first-order valence-electron chi connectivity index (χ1n) is 11.7. The van der Waals surface area contributed by atoms with Gasteiger partial charge < -0.3 is 4.74 Å². The van der Waals surface area contributed by atoms with Gasteiger partial charge >= 0.3 is 0 Å². The summed E-state index contributed by atoms with van der Waals surface area (Å²) < 4.78 is 5.70. The summed E-state index contributed by atoms with van der Waals surface area (Å²) in [5, 5.41) is 25.9. The van der Waals surface area contributed by atoms with E-state index in [4.69, 9.17) is 26.5 Å². The first-order valence-corrected chi connectivity index (χ1v) is 12.1. The lowest BCUT2D eigenvalue weighted by Gasteiger charge is -2.60. The summed E-state index contributed by atoms with van der Waals surface area (Å²) >= 11 is 6.73. The number of anilines is 1. The molecular formula is C24H25ClN6O3. The Hall–Kier alpha value is -3.01. The number of hydrazone groups is 2. The Bertz CT molecular complexity index is 1180. The summed E-state index contributed by atoms with van der Waals surface area (Å²) in [7, 11) is 0. The number of fused-ring (bicyclic) bond motifs is 5. The van der Waals surface area contributed by atoms with Crippen LogP contribution in [0.2, 0.25) is 0 Å². The number of nitro benzene ring substituents is 1. The van der Waals surface area contributed by atoms with Crippen LogP contribution in [0.5, 0.6) is 0 Å². The second-order valence-corrected chi connectivity index (χ2v) is 9.39. The molecule has 9 nitrogen and oxygen atoms in total. The number of nitro groups is 1. The molecule has 34 heavy (non-hydrogen) atoms. The van der Waals surface area contributed by atoms with Crippen molar-refractivity contribution in [2.24, 2.45) is 10.2 Å². The first-order chi connectivity index (χ1) is 16.6. The monoisotopic (exact) mass is 480 g/mol. The number of halogens is 1. The molecule has 0 aromatic heterocycles. The van der Waals surface area contributed by atoms with Gasteiger partial charge in [-0.1, -0.05) is 42.3 Å². The van der Waals surface area contributed by atoms with Gasteiger partial charge in [0.1, 0.15) is 5.66 Å². The highest BCUT2D eigenvalue weighted by molar-refractivity contribution is 6.70. The molecule has 6 rings (SSSR count). The summed E-state index contributed by atoms with van der Waals surface area (Å²) in [5.41, 5.74) is 2.24. The molecule has 176 valence electrons. The number of nitrogens with zero attached hydrogens (tertiary/aromatic N) is 6. The number of rotatable bonds is 3. The summed E-state index contributed by atoms with van der Waals surface area (Å²) in [4.78, 5) is 13.3. The number of hydrogen-bond acceptors (Lipinski definition) is 8. The quantitative estimate of drug-likeness (QED) is 0.488. The van der Waals surface area contributed by atoms with Gasteiger partial charge in [0.25, 0.3) is 5.69 Å². The Labute approximate surface area is 202 Å². The smallest absolute Gasteiger partial charge is 0.269 e. The van der Waals surface area contributed by atoms with Crippen LogP contribution in [0.15, 0.2) is 58.7 Å². The van der Waals surface area contributed by atoms with E-state index in [1.54, 1.807) is 24.3 Å². The van der Waals surface area contributed by atoms with E-state index >= 15 is 0 Å². The van der Waals surface area contributed by atoms with Crippen molar-refractivity contribution in [1.29, 1.82) is 0 Å². The van der Waals surface area contributed by atoms with Crippen LogP contribution in [-0.2, 0) is 4.74 Å².